The summed E-state index contributed by atoms with van der Waals surface area (Å²) in [6, 6.07) is 6.57. The number of hydrogen-bond acceptors (Lipinski definition) is 3. The number of benzene rings is 1. The average molecular weight is 318 g/mol. The third-order valence-corrected chi connectivity index (χ3v) is 4.42. The highest BCUT2D eigenvalue weighted by atomic mass is 35.5. The number of rotatable bonds is 7. The Bertz CT molecular complexity index is 538. The highest BCUT2D eigenvalue weighted by molar-refractivity contribution is 7.91. The Morgan fingerprint density at radius 2 is 1.85 bits per heavy atom. The minimum absolute atomic E-state index is 0.151. The van der Waals surface area contributed by atoms with Crippen molar-refractivity contribution in [3.63, 3.8) is 0 Å². The summed E-state index contributed by atoms with van der Waals surface area (Å²) in [5, 5.41) is 3.18. The van der Waals surface area contributed by atoms with Gasteiger partial charge in [0.1, 0.15) is 5.75 Å². The molecule has 4 nitrogen and oxygen atoms in total. The number of hydrogen-bond donors (Lipinski definition) is 1. The molecule has 112 valence electrons. The molecule has 6 heteroatoms. The molecular weight excluding hydrogens is 298 g/mol. The fourth-order valence-electron chi connectivity index (χ4n) is 1.64. The first-order valence-corrected chi connectivity index (χ1v) is 8.70. The molecule has 20 heavy (non-hydrogen) atoms. The van der Waals surface area contributed by atoms with Crippen LogP contribution < -0.4 is 5.32 Å². The molecule has 1 amide bonds. The maximum atomic E-state index is 11.9. The lowest BCUT2D eigenvalue weighted by Crippen LogP contribution is -2.32. The molecule has 0 aliphatic heterocycles. The van der Waals surface area contributed by atoms with Crippen LogP contribution in [0.4, 0.5) is 0 Å². The molecule has 1 rings (SSSR count). The summed E-state index contributed by atoms with van der Waals surface area (Å²) in [4.78, 5) is 11.6. The third-order valence-electron chi connectivity index (χ3n) is 2.69. The molecule has 0 saturated heterocycles. The van der Waals surface area contributed by atoms with E-state index in [9.17, 15) is 13.2 Å². The van der Waals surface area contributed by atoms with Crippen LogP contribution in [0.1, 0.15) is 25.8 Å². The minimum Gasteiger partial charge on any atom is -0.355 e. The first kappa shape index (κ1) is 17.0. The van der Waals surface area contributed by atoms with E-state index in [0.29, 0.717) is 23.0 Å². The van der Waals surface area contributed by atoms with Crippen molar-refractivity contribution in [1.29, 1.82) is 0 Å². The number of sulfone groups is 1. The van der Waals surface area contributed by atoms with Crippen LogP contribution in [0, 0.1) is 5.92 Å². The van der Waals surface area contributed by atoms with Gasteiger partial charge in [0.2, 0.25) is 5.91 Å². The molecule has 0 aromatic heterocycles. The Kier molecular flexibility index (Phi) is 6.49. The smallest absolute Gasteiger partial charge is 0.235 e. The van der Waals surface area contributed by atoms with Crippen molar-refractivity contribution in [2.24, 2.45) is 5.92 Å². The Morgan fingerprint density at radius 1 is 1.25 bits per heavy atom. The molecule has 0 radical (unpaired) electrons. The second-order valence-electron chi connectivity index (χ2n) is 5.19. The van der Waals surface area contributed by atoms with Crippen LogP contribution in [0.5, 0.6) is 0 Å². The summed E-state index contributed by atoms with van der Waals surface area (Å²) in [6.07, 6.45) is 0.836. The molecule has 1 aromatic carbocycles. The zero-order valence-electron chi connectivity index (χ0n) is 11.7. The fraction of sp³-hybridized carbons (Fsp3) is 0.500. The van der Waals surface area contributed by atoms with Crippen LogP contribution in [-0.2, 0) is 20.4 Å². The first-order chi connectivity index (χ1) is 9.28. The van der Waals surface area contributed by atoms with Gasteiger partial charge >= 0.3 is 0 Å². The summed E-state index contributed by atoms with van der Waals surface area (Å²) in [7, 11) is -3.45. The van der Waals surface area contributed by atoms with Gasteiger partial charge in [-0.25, -0.2) is 8.42 Å². The van der Waals surface area contributed by atoms with Crippen LogP contribution in [0.2, 0.25) is 5.02 Å². The zero-order valence-corrected chi connectivity index (χ0v) is 13.3. The van der Waals surface area contributed by atoms with Gasteiger partial charge in [-0.05, 0) is 30.0 Å². The number of nitrogens with one attached hydrogen (secondary N) is 1. The summed E-state index contributed by atoms with van der Waals surface area (Å²) < 4.78 is 23.8. The van der Waals surface area contributed by atoms with Gasteiger partial charge < -0.3 is 5.32 Å². The molecule has 0 spiro atoms. The topological polar surface area (TPSA) is 63.2 Å². The second kappa shape index (κ2) is 7.64. The van der Waals surface area contributed by atoms with Crippen LogP contribution in [0.3, 0.4) is 0 Å². The molecule has 0 aliphatic rings. The van der Waals surface area contributed by atoms with Gasteiger partial charge in [0.05, 0.1) is 5.75 Å². The molecule has 0 bridgehead atoms. The summed E-state index contributed by atoms with van der Waals surface area (Å²) in [6.45, 7) is 4.60. The molecule has 1 N–H and O–H groups in total. The van der Waals surface area contributed by atoms with E-state index in [4.69, 9.17) is 11.6 Å². The van der Waals surface area contributed by atoms with Crippen molar-refractivity contribution in [2.75, 3.05) is 12.3 Å². The van der Waals surface area contributed by atoms with Gasteiger partial charge in [0, 0.05) is 11.6 Å². The summed E-state index contributed by atoms with van der Waals surface area (Å²) in [5.41, 5.74) is 0.629. The van der Waals surface area contributed by atoms with E-state index in [-0.39, 0.29) is 5.75 Å². The average Bonchev–Trinajstić information content (AvgIpc) is 2.30. The van der Waals surface area contributed by atoms with E-state index in [2.05, 4.69) is 5.32 Å². The maximum Gasteiger partial charge on any atom is 0.235 e. The molecule has 0 aliphatic carbocycles. The van der Waals surface area contributed by atoms with Crippen molar-refractivity contribution in [1.82, 2.24) is 5.32 Å². The lowest BCUT2D eigenvalue weighted by Gasteiger charge is -2.08. The zero-order chi connectivity index (χ0) is 15.2. The Morgan fingerprint density at radius 3 is 2.40 bits per heavy atom. The summed E-state index contributed by atoms with van der Waals surface area (Å²) in [5.74, 6) is -0.601. The van der Waals surface area contributed by atoms with Crippen molar-refractivity contribution < 1.29 is 13.2 Å². The Labute approximate surface area is 125 Å². The van der Waals surface area contributed by atoms with E-state index in [0.717, 1.165) is 6.42 Å². The van der Waals surface area contributed by atoms with Crippen LogP contribution in [0.25, 0.3) is 0 Å². The lowest BCUT2D eigenvalue weighted by molar-refractivity contribution is -0.118. The standard InChI is InChI=1S/C14H20ClNO3S/c1-11(2)7-8-16-14(17)10-20(18,19)9-12-3-5-13(15)6-4-12/h3-6,11H,7-10H2,1-2H3,(H,16,17). The SMILES string of the molecule is CC(C)CCNC(=O)CS(=O)(=O)Cc1ccc(Cl)cc1. The lowest BCUT2D eigenvalue weighted by atomic mass is 10.1. The van der Waals surface area contributed by atoms with Gasteiger partial charge in [-0.2, -0.15) is 0 Å². The van der Waals surface area contributed by atoms with Crippen molar-refractivity contribution in [2.45, 2.75) is 26.0 Å². The molecule has 0 unspecified atom stereocenters. The van der Waals surface area contributed by atoms with Gasteiger partial charge in [-0.15, -0.1) is 0 Å². The fourth-order valence-corrected chi connectivity index (χ4v) is 3.07. The Hall–Kier alpha value is -1.07. The number of halogens is 1. The molecule has 1 aromatic rings. The third kappa shape index (κ3) is 6.91. The van der Waals surface area contributed by atoms with Crippen LogP contribution in [-0.4, -0.2) is 26.6 Å². The molecule has 0 atom stereocenters. The highest BCUT2D eigenvalue weighted by Crippen LogP contribution is 2.12. The van der Waals surface area contributed by atoms with Crippen molar-refractivity contribution >= 4 is 27.3 Å². The quantitative estimate of drug-likeness (QED) is 0.840. The van der Waals surface area contributed by atoms with Gasteiger partial charge in [0.15, 0.2) is 9.84 Å². The first-order valence-electron chi connectivity index (χ1n) is 6.50. The van der Waals surface area contributed by atoms with E-state index in [1.165, 1.54) is 0 Å². The molecule has 0 saturated carbocycles. The normalized spacial score (nSPS) is 11.6. The predicted octanol–water partition coefficient (Wildman–Crippen LogP) is 2.42. The molecule has 0 heterocycles. The summed E-state index contributed by atoms with van der Waals surface area (Å²) >= 11 is 5.74. The van der Waals surface area contributed by atoms with Gasteiger partial charge in [-0.1, -0.05) is 37.6 Å². The van der Waals surface area contributed by atoms with E-state index >= 15 is 0 Å². The minimum atomic E-state index is -3.45. The highest BCUT2D eigenvalue weighted by Gasteiger charge is 2.17. The number of amides is 1. The van der Waals surface area contributed by atoms with E-state index in [1.807, 2.05) is 13.8 Å². The molecular formula is C14H20ClNO3S. The van der Waals surface area contributed by atoms with E-state index < -0.39 is 21.5 Å². The molecule has 0 fully saturated rings. The van der Waals surface area contributed by atoms with E-state index in [1.54, 1.807) is 24.3 Å². The number of carbonyl (C=O) groups is 1. The second-order valence-corrected chi connectivity index (χ2v) is 7.69. The largest absolute Gasteiger partial charge is 0.355 e. The van der Waals surface area contributed by atoms with Crippen molar-refractivity contribution in [3.8, 4) is 0 Å². The maximum absolute atomic E-state index is 11.9. The van der Waals surface area contributed by atoms with Gasteiger partial charge in [0.25, 0.3) is 0 Å². The predicted molar refractivity (Wildman–Crippen MR) is 81.4 cm³/mol. The monoisotopic (exact) mass is 317 g/mol. The number of carbonyl (C=O) groups excluding carboxylic acids is 1. The van der Waals surface area contributed by atoms with Crippen LogP contribution in [0.15, 0.2) is 24.3 Å². The van der Waals surface area contributed by atoms with Crippen molar-refractivity contribution in [3.05, 3.63) is 34.9 Å². The van der Waals surface area contributed by atoms with Crippen LogP contribution >= 0.6 is 11.6 Å². The van der Waals surface area contributed by atoms with Gasteiger partial charge in [-0.3, -0.25) is 4.79 Å². The Balaban J connectivity index is 2.48.